The third kappa shape index (κ3) is 6.90. The standard InChI is InChI=1S/C34H35F3N6O3S/c1-21-18-47-32-42(21)29-15-14-27(45-5)16-28(29)22(2)43(32)31(44)38-19-33(3,4)17-23-6-8-24(9-7-23)30-39-20-41(40-30)25-10-12-26(13-11-25)46-34(35,36)37/h6-16,18,20,22,32H,17,19H2,1-5H3,(H,38,44). The summed E-state index contributed by atoms with van der Waals surface area (Å²) in [4.78, 5) is 22.2. The Balaban J connectivity index is 1.08. The molecule has 0 aliphatic carbocycles. The number of carbonyl (C=O) groups excluding carboxylic acids is 1. The van der Waals surface area contributed by atoms with Crippen molar-refractivity contribution in [2.24, 2.45) is 5.41 Å². The van der Waals surface area contributed by atoms with Crippen molar-refractivity contribution in [3.8, 4) is 28.6 Å². The van der Waals surface area contributed by atoms with Gasteiger partial charge in [-0.3, -0.25) is 4.90 Å². The number of ether oxygens (including phenoxy) is 2. The summed E-state index contributed by atoms with van der Waals surface area (Å²) in [6.45, 7) is 8.83. The molecule has 2 unspecified atom stereocenters. The number of alkyl halides is 3. The summed E-state index contributed by atoms with van der Waals surface area (Å²) in [5, 5.41) is 9.79. The number of thioether (sulfide) groups is 1. The number of rotatable bonds is 8. The van der Waals surface area contributed by atoms with Gasteiger partial charge in [-0.15, -0.1) is 18.3 Å². The summed E-state index contributed by atoms with van der Waals surface area (Å²) < 4.78 is 48.3. The Morgan fingerprint density at radius 3 is 2.40 bits per heavy atom. The van der Waals surface area contributed by atoms with Crippen molar-refractivity contribution in [3.05, 3.63) is 95.3 Å². The van der Waals surface area contributed by atoms with Crippen molar-refractivity contribution >= 4 is 23.5 Å². The summed E-state index contributed by atoms with van der Waals surface area (Å²) in [7, 11) is 1.64. The molecule has 0 spiro atoms. The molecule has 1 aromatic heterocycles. The number of methoxy groups -OCH3 is 1. The minimum Gasteiger partial charge on any atom is -0.497 e. The van der Waals surface area contributed by atoms with Gasteiger partial charge in [0.15, 0.2) is 11.3 Å². The lowest BCUT2D eigenvalue weighted by molar-refractivity contribution is -0.274. The average Bonchev–Trinajstić information content (AvgIpc) is 3.67. The Bertz CT molecular complexity index is 1790. The first-order chi connectivity index (χ1) is 22.3. The number of aromatic nitrogens is 3. The number of fused-ring (bicyclic) bond motifs is 3. The van der Waals surface area contributed by atoms with Gasteiger partial charge in [0.1, 0.15) is 17.8 Å². The molecule has 0 saturated carbocycles. The van der Waals surface area contributed by atoms with E-state index in [4.69, 9.17) is 4.74 Å². The van der Waals surface area contributed by atoms with E-state index in [2.05, 4.69) is 64.2 Å². The highest BCUT2D eigenvalue weighted by atomic mass is 32.2. The van der Waals surface area contributed by atoms with Crippen molar-refractivity contribution in [3.63, 3.8) is 0 Å². The molecule has 9 nitrogen and oxygen atoms in total. The number of anilines is 1. The second-order valence-corrected chi connectivity index (χ2v) is 13.3. The Morgan fingerprint density at radius 1 is 1.02 bits per heavy atom. The molecule has 0 bridgehead atoms. The second kappa shape index (κ2) is 12.5. The van der Waals surface area contributed by atoms with Crippen LogP contribution in [0, 0.1) is 5.41 Å². The van der Waals surface area contributed by atoms with Crippen LogP contribution in [0.1, 0.15) is 44.9 Å². The van der Waals surface area contributed by atoms with Gasteiger partial charge in [0.05, 0.1) is 18.8 Å². The Kier molecular flexibility index (Phi) is 8.60. The molecule has 6 rings (SSSR count). The van der Waals surface area contributed by atoms with E-state index in [1.165, 1.54) is 35.3 Å². The lowest BCUT2D eigenvalue weighted by Gasteiger charge is -2.46. The van der Waals surface area contributed by atoms with Gasteiger partial charge in [-0.2, -0.15) is 0 Å². The predicted octanol–water partition coefficient (Wildman–Crippen LogP) is 7.89. The molecular formula is C34H35F3N6O3S. The Hall–Kier alpha value is -4.65. The first kappa shape index (κ1) is 32.3. The first-order valence-corrected chi connectivity index (χ1v) is 16.0. The number of allylic oxidation sites excluding steroid dienone is 1. The van der Waals surface area contributed by atoms with Crippen molar-refractivity contribution in [2.75, 3.05) is 18.6 Å². The maximum absolute atomic E-state index is 13.8. The zero-order valence-electron chi connectivity index (χ0n) is 26.6. The van der Waals surface area contributed by atoms with Gasteiger partial charge in [-0.05, 0) is 79.1 Å². The number of urea groups is 1. The Morgan fingerprint density at radius 2 is 1.72 bits per heavy atom. The van der Waals surface area contributed by atoms with Crippen LogP contribution in [0.25, 0.3) is 17.1 Å². The van der Waals surface area contributed by atoms with Crippen LogP contribution in [0.2, 0.25) is 0 Å². The molecule has 0 fully saturated rings. The molecule has 0 saturated heterocycles. The van der Waals surface area contributed by atoms with Crippen LogP contribution in [0.5, 0.6) is 11.5 Å². The number of hydrogen-bond acceptors (Lipinski definition) is 7. The van der Waals surface area contributed by atoms with Gasteiger partial charge in [-0.1, -0.05) is 49.9 Å². The monoisotopic (exact) mass is 664 g/mol. The molecule has 13 heteroatoms. The first-order valence-electron chi connectivity index (χ1n) is 15.0. The van der Waals surface area contributed by atoms with Gasteiger partial charge >= 0.3 is 12.4 Å². The summed E-state index contributed by atoms with van der Waals surface area (Å²) in [5.74, 6) is 0.934. The molecule has 0 radical (unpaired) electrons. The smallest absolute Gasteiger partial charge is 0.497 e. The maximum atomic E-state index is 13.8. The lowest BCUT2D eigenvalue weighted by atomic mass is 9.85. The molecule has 2 amide bonds. The van der Waals surface area contributed by atoms with Crippen LogP contribution in [0.15, 0.2) is 84.2 Å². The van der Waals surface area contributed by atoms with Gasteiger partial charge in [0, 0.05) is 29.1 Å². The normalized spacial score (nSPS) is 17.6. The summed E-state index contributed by atoms with van der Waals surface area (Å²) in [6, 6.07) is 19.1. The zero-order valence-corrected chi connectivity index (χ0v) is 27.4. The quantitative estimate of drug-likeness (QED) is 0.205. The number of nitrogens with one attached hydrogen (secondary N) is 1. The van der Waals surface area contributed by atoms with Gasteiger partial charge in [0.2, 0.25) is 0 Å². The zero-order chi connectivity index (χ0) is 33.5. The third-order valence-electron chi connectivity index (χ3n) is 8.23. The highest BCUT2D eigenvalue weighted by Crippen LogP contribution is 2.48. The fourth-order valence-corrected chi connectivity index (χ4v) is 7.14. The summed E-state index contributed by atoms with van der Waals surface area (Å²) in [5.41, 5.74) is 5.26. The van der Waals surface area contributed by atoms with Crippen LogP contribution in [0.4, 0.5) is 23.7 Å². The number of nitrogens with zero attached hydrogens (tertiary/aromatic N) is 5. The van der Waals surface area contributed by atoms with Crippen molar-refractivity contribution < 1.29 is 27.4 Å². The molecule has 1 N–H and O–H groups in total. The topological polar surface area (TPSA) is 84.8 Å². The van der Waals surface area contributed by atoms with E-state index < -0.39 is 6.36 Å². The third-order valence-corrected chi connectivity index (χ3v) is 9.39. The summed E-state index contributed by atoms with van der Waals surface area (Å²) in [6.07, 6.45) is -2.52. The maximum Gasteiger partial charge on any atom is 0.573 e. The summed E-state index contributed by atoms with van der Waals surface area (Å²) >= 11 is 1.63. The number of halogens is 3. The molecule has 246 valence electrons. The van der Waals surface area contributed by atoms with Crippen molar-refractivity contribution in [2.45, 2.75) is 52.0 Å². The highest BCUT2D eigenvalue weighted by Gasteiger charge is 2.43. The van der Waals surface area contributed by atoms with Crippen LogP contribution in [-0.4, -0.2) is 51.2 Å². The number of carbonyl (C=O) groups is 1. The van der Waals surface area contributed by atoms with Crippen molar-refractivity contribution in [1.29, 1.82) is 0 Å². The second-order valence-electron chi connectivity index (χ2n) is 12.4. The fraction of sp³-hybridized carbons (Fsp3) is 0.324. The van der Waals surface area contributed by atoms with E-state index in [0.29, 0.717) is 18.1 Å². The van der Waals surface area contributed by atoms with E-state index in [-0.39, 0.29) is 28.7 Å². The molecule has 3 heterocycles. The van der Waals surface area contributed by atoms with E-state index in [1.54, 1.807) is 18.9 Å². The van der Waals surface area contributed by atoms with E-state index >= 15 is 0 Å². The van der Waals surface area contributed by atoms with E-state index in [0.717, 1.165) is 40.2 Å². The van der Waals surface area contributed by atoms with Crippen molar-refractivity contribution in [1.82, 2.24) is 25.0 Å². The fourth-order valence-electron chi connectivity index (χ4n) is 5.89. The molecule has 4 aromatic rings. The number of amides is 2. The molecule has 47 heavy (non-hydrogen) atoms. The van der Waals surface area contributed by atoms with E-state index in [1.807, 2.05) is 41.3 Å². The van der Waals surface area contributed by atoms with Gasteiger partial charge in [0.25, 0.3) is 0 Å². The molecule has 2 atom stereocenters. The van der Waals surface area contributed by atoms with E-state index in [9.17, 15) is 18.0 Å². The van der Waals surface area contributed by atoms with Crippen LogP contribution < -0.4 is 19.7 Å². The van der Waals surface area contributed by atoms with Crippen LogP contribution in [-0.2, 0) is 6.42 Å². The average molecular weight is 665 g/mol. The van der Waals surface area contributed by atoms with Gasteiger partial charge in [-0.25, -0.2) is 14.5 Å². The minimum atomic E-state index is -4.75. The van der Waals surface area contributed by atoms with Gasteiger partial charge < -0.3 is 19.7 Å². The SMILES string of the molecule is COc1ccc2c(c1)C(C)N(C(=O)NCC(C)(C)Cc1ccc(-c3ncn(-c4ccc(OC(F)(F)F)cc4)n3)cc1)C1SC=C(C)N21. The lowest BCUT2D eigenvalue weighted by Crippen LogP contribution is -2.55. The molecular weight excluding hydrogens is 629 g/mol. The highest BCUT2D eigenvalue weighted by molar-refractivity contribution is 8.03. The minimum absolute atomic E-state index is 0.121. The largest absolute Gasteiger partial charge is 0.573 e. The predicted molar refractivity (Wildman–Crippen MR) is 175 cm³/mol. The van der Waals surface area contributed by atoms with Crippen LogP contribution in [0.3, 0.4) is 0 Å². The number of benzene rings is 3. The van der Waals surface area contributed by atoms with Crippen LogP contribution >= 0.6 is 11.8 Å². The number of hydrogen-bond donors (Lipinski definition) is 1. The molecule has 3 aromatic carbocycles. The molecule has 2 aliphatic heterocycles. The Labute approximate surface area is 275 Å². The molecule has 2 aliphatic rings.